The van der Waals surface area contributed by atoms with E-state index in [4.69, 9.17) is 0 Å². The molecule has 4 rings (SSSR count). The van der Waals surface area contributed by atoms with Crippen LogP contribution in [0.3, 0.4) is 0 Å². The van der Waals surface area contributed by atoms with E-state index in [1.54, 1.807) is 0 Å². The van der Waals surface area contributed by atoms with Gasteiger partial charge in [0.2, 0.25) is 0 Å². The molecule has 0 saturated heterocycles. The van der Waals surface area contributed by atoms with Crippen molar-refractivity contribution in [2.75, 3.05) is 0 Å². The molecule has 2 heterocycles. The zero-order valence-corrected chi connectivity index (χ0v) is 10.8. The Hall–Kier alpha value is -1.88. The summed E-state index contributed by atoms with van der Waals surface area (Å²) in [6.07, 6.45) is 2.31. The minimum Gasteiger partial charge on any atom is -0.307 e. The Morgan fingerprint density at radius 1 is 1.05 bits per heavy atom. The Balaban J connectivity index is 1.85. The van der Waals surface area contributed by atoms with Crippen LogP contribution in [0.4, 0.5) is 8.78 Å². The van der Waals surface area contributed by atoms with Crippen LogP contribution in [0.5, 0.6) is 0 Å². The minimum absolute atomic E-state index is 0.494. The Labute approximate surface area is 115 Å². The normalized spacial score (nSPS) is 17.3. The highest BCUT2D eigenvalue weighted by molar-refractivity contribution is 5.56. The second-order valence-electron chi connectivity index (χ2n) is 5.36. The number of halogens is 2. The maximum atomic E-state index is 13.4. The quantitative estimate of drug-likeness (QED) is 0.914. The third-order valence-corrected chi connectivity index (χ3v) is 3.86. The summed E-state index contributed by atoms with van der Waals surface area (Å²) in [6, 6.07) is 3.81. The Morgan fingerprint density at radius 2 is 1.90 bits per heavy atom. The molecule has 102 valence electrons. The molecule has 3 nitrogen and oxygen atoms in total. The van der Waals surface area contributed by atoms with Crippen LogP contribution in [-0.4, -0.2) is 9.97 Å². The van der Waals surface area contributed by atoms with Gasteiger partial charge in [0, 0.05) is 30.1 Å². The fourth-order valence-electron chi connectivity index (χ4n) is 2.65. The highest BCUT2D eigenvalue weighted by atomic mass is 19.2. The summed E-state index contributed by atoms with van der Waals surface area (Å²) < 4.78 is 26.4. The number of benzene rings is 1. The van der Waals surface area contributed by atoms with Gasteiger partial charge in [0.15, 0.2) is 17.5 Å². The van der Waals surface area contributed by atoms with Crippen LogP contribution in [0, 0.1) is 11.6 Å². The molecule has 0 amide bonds. The molecule has 1 fully saturated rings. The number of hydrogen-bond donors (Lipinski definition) is 1. The molecule has 0 radical (unpaired) electrons. The maximum Gasteiger partial charge on any atom is 0.159 e. The number of nitrogens with zero attached hydrogens (tertiary/aromatic N) is 2. The summed E-state index contributed by atoms with van der Waals surface area (Å²) >= 11 is 0. The van der Waals surface area contributed by atoms with E-state index in [-0.39, 0.29) is 0 Å². The highest BCUT2D eigenvalue weighted by Gasteiger charge is 2.31. The first-order valence-corrected chi connectivity index (χ1v) is 6.78. The summed E-state index contributed by atoms with van der Waals surface area (Å²) in [5.41, 5.74) is 3.79. The molecular weight excluding hydrogens is 260 g/mol. The van der Waals surface area contributed by atoms with E-state index in [0.29, 0.717) is 23.9 Å². The van der Waals surface area contributed by atoms with Crippen molar-refractivity contribution in [3.63, 3.8) is 0 Å². The van der Waals surface area contributed by atoms with Crippen LogP contribution < -0.4 is 5.32 Å². The van der Waals surface area contributed by atoms with E-state index < -0.39 is 11.6 Å². The van der Waals surface area contributed by atoms with Crippen molar-refractivity contribution in [1.29, 1.82) is 0 Å². The predicted octanol–water partition coefficient (Wildman–Crippen LogP) is 2.90. The van der Waals surface area contributed by atoms with Crippen molar-refractivity contribution < 1.29 is 8.78 Å². The summed E-state index contributed by atoms with van der Waals surface area (Å²) in [5, 5.41) is 3.27. The zero-order valence-electron chi connectivity index (χ0n) is 10.8. The average Bonchev–Trinajstić information content (AvgIpc) is 3.18. The molecule has 2 aromatic rings. The second kappa shape index (κ2) is 4.31. The smallest absolute Gasteiger partial charge is 0.159 e. The van der Waals surface area contributed by atoms with E-state index in [0.717, 1.165) is 42.9 Å². The lowest BCUT2D eigenvalue weighted by Gasteiger charge is -2.09. The summed E-state index contributed by atoms with van der Waals surface area (Å²) in [7, 11) is 0. The first-order valence-electron chi connectivity index (χ1n) is 6.78. The van der Waals surface area contributed by atoms with Crippen LogP contribution in [0.1, 0.15) is 35.7 Å². The van der Waals surface area contributed by atoms with Gasteiger partial charge in [0.05, 0.1) is 11.4 Å². The Morgan fingerprint density at radius 3 is 2.65 bits per heavy atom. The number of rotatable bonds is 2. The van der Waals surface area contributed by atoms with Crippen LogP contribution in [-0.2, 0) is 13.1 Å². The van der Waals surface area contributed by atoms with Gasteiger partial charge < -0.3 is 5.32 Å². The second-order valence-corrected chi connectivity index (χ2v) is 5.36. The molecule has 1 N–H and O–H groups in total. The standard InChI is InChI=1S/C15H13F2N3/c16-11-4-3-9(5-12(11)17)15-19-13-7-18-6-10(13)14(20-15)8-1-2-8/h3-5,8,18H,1-2,6-7H2. The lowest BCUT2D eigenvalue weighted by Crippen LogP contribution is -2.03. The molecule has 0 atom stereocenters. The summed E-state index contributed by atoms with van der Waals surface area (Å²) in [6.45, 7) is 1.52. The van der Waals surface area contributed by atoms with E-state index in [9.17, 15) is 8.78 Å². The molecule has 0 unspecified atom stereocenters. The van der Waals surface area contributed by atoms with Gasteiger partial charge in [-0.1, -0.05) is 0 Å². The van der Waals surface area contributed by atoms with Crippen LogP contribution in [0.15, 0.2) is 18.2 Å². The minimum atomic E-state index is -0.863. The molecule has 1 aliphatic carbocycles. The number of hydrogen-bond acceptors (Lipinski definition) is 3. The fraction of sp³-hybridized carbons (Fsp3) is 0.333. The van der Waals surface area contributed by atoms with Gasteiger partial charge in [-0.05, 0) is 31.0 Å². The van der Waals surface area contributed by atoms with Crippen molar-refractivity contribution in [1.82, 2.24) is 15.3 Å². The van der Waals surface area contributed by atoms with E-state index in [2.05, 4.69) is 15.3 Å². The van der Waals surface area contributed by atoms with Crippen LogP contribution in [0.25, 0.3) is 11.4 Å². The topological polar surface area (TPSA) is 37.8 Å². The largest absolute Gasteiger partial charge is 0.307 e. The molecule has 1 aromatic carbocycles. The first kappa shape index (κ1) is 11.9. The average molecular weight is 273 g/mol. The Kier molecular flexibility index (Phi) is 2.57. The molecule has 5 heteroatoms. The molecule has 0 spiro atoms. The first-order chi connectivity index (χ1) is 9.72. The molecular formula is C15H13F2N3. The lowest BCUT2D eigenvalue weighted by molar-refractivity contribution is 0.509. The molecule has 0 bridgehead atoms. The van der Waals surface area contributed by atoms with Gasteiger partial charge in [-0.15, -0.1) is 0 Å². The predicted molar refractivity (Wildman–Crippen MR) is 69.9 cm³/mol. The van der Waals surface area contributed by atoms with Gasteiger partial charge in [0.25, 0.3) is 0 Å². The molecule has 2 aliphatic rings. The van der Waals surface area contributed by atoms with Crippen LogP contribution in [0.2, 0.25) is 0 Å². The SMILES string of the molecule is Fc1ccc(-c2nc3c(c(C4CC4)n2)CNC3)cc1F. The van der Waals surface area contributed by atoms with Crippen molar-refractivity contribution in [3.8, 4) is 11.4 Å². The Bertz CT molecular complexity index is 696. The third kappa shape index (κ3) is 1.89. The molecule has 1 saturated carbocycles. The number of fused-ring (bicyclic) bond motifs is 1. The van der Waals surface area contributed by atoms with Gasteiger partial charge in [-0.25, -0.2) is 18.7 Å². The number of nitrogens with one attached hydrogen (secondary N) is 1. The monoisotopic (exact) mass is 273 g/mol. The highest BCUT2D eigenvalue weighted by Crippen LogP contribution is 2.42. The zero-order chi connectivity index (χ0) is 13.7. The molecule has 20 heavy (non-hydrogen) atoms. The van der Waals surface area contributed by atoms with E-state index in [1.165, 1.54) is 11.6 Å². The summed E-state index contributed by atoms with van der Waals surface area (Å²) in [5.74, 6) is -0.708. The van der Waals surface area contributed by atoms with Gasteiger partial charge in [-0.2, -0.15) is 0 Å². The van der Waals surface area contributed by atoms with Crippen molar-refractivity contribution in [2.45, 2.75) is 31.8 Å². The van der Waals surface area contributed by atoms with E-state index in [1.807, 2.05) is 0 Å². The van der Waals surface area contributed by atoms with Gasteiger partial charge in [0.1, 0.15) is 0 Å². The van der Waals surface area contributed by atoms with Gasteiger partial charge >= 0.3 is 0 Å². The molecule has 1 aliphatic heterocycles. The van der Waals surface area contributed by atoms with Gasteiger partial charge in [-0.3, -0.25) is 0 Å². The molecule has 1 aromatic heterocycles. The lowest BCUT2D eigenvalue weighted by atomic mass is 10.1. The number of aromatic nitrogens is 2. The fourth-order valence-corrected chi connectivity index (χ4v) is 2.65. The van der Waals surface area contributed by atoms with Crippen LogP contribution >= 0.6 is 0 Å². The van der Waals surface area contributed by atoms with Crippen molar-refractivity contribution >= 4 is 0 Å². The van der Waals surface area contributed by atoms with Crippen molar-refractivity contribution in [2.24, 2.45) is 0 Å². The maximum absolute atomic E-state index is 13.4. The van der Waals surface area contributed by atoms with E-state index >= 15 is 0 Å². The third-order valence-electron chi connectivity index (χ3n) is 3.86. The van der Waals surface area contributed by atoms with Crippen molar-refractivity contribution in [3.05, 3.63) is 46.8 Å². The summed E-state index contributed by atoms with van der Waals surface area (Å²) in [4.78, 5) is 9.11.